The normalized spacial score (nSPS) is 19.0. The summed E-state index contributed by atoms with van der Waals surface area (Å²) in [6, 6.07) is 9.41. The summed E-state index contributed by atoms with van der Waals surface area (Å²) in [4.78, 5) is 69.0. The van der Waals surface area contributed by atoms with Gasteiger partial charge in [-0.05, 0) is 57.5 Å². The van der Waals surface area contributed by atoms with Gasteiger partial charge in [0.25, 0.3) is 11.8 Å². The molecule has 330 valence electrons. The minimum atomic E-state index is -0.667. The molecule has 4 amide bonds. The second kappa shape index (κ2) is 18.0. The highest BCUT2D eigenvalue weighted by molar-refractivity contribution is 6.20. The monoisotopic (exact) mass is 863 g/mol. The summed E-state index contributed by atoms with van der Waals surface area (Å²) < 4.78 is 29.1. The number of morpholine rings is 1. The third-order valence-electron chi connectivity index (χ3n) is 11.0. The number of aliphatic imine (C=N–C) groups is 1. The van der Waals surface area contributed by atoms with Gasteiger partial charge >= 0.3 is 0 Å². The average molecular weight is 864 g/mol. The molecule has 1 fully saturated rings. The van der Waals surface area contributed by atoms with Crippen LogP contribution in [0.5, 0.6) is 17.4 Å². The molecule has 21 heteroatoms. The molecule has 6 N–H and O–H groups in total. The fourth-order valence-electron chi connectivity index (χ4n) is 7.90. The van der Waals surface area contributed by atoms with Gasteiger partial charge < -0.3 is 50.2 Å². The van der Waals surface area contributed by atoms with Gasteiger partial charge in [-0.1, -0.05) is 12.2 Å². The Labute approximate surface area is 360 Å². The Morgan fingerprint density at radius 2 is 1.70 bits per heavy atom. The number of primary amides is 2. The Balaban J connectivity index is 1.25. The molecule has 3 aromatic heterocycles. The number of methoxy groups -OCH3 is 1. The van der Waals surface area contributed by atoms with E-state index in [1.54, 1.807) is 51.4 Å². The van der Waals surface area contributed by atoms with Gasteiger partial charge in [0.15, 0.2) is 0 Å². The molecule has 8 rings (SSSR count). The number of carbonyl (C=O) groups excluding carboxylic acids is 4. The van der Waals surface area contributed by atoms with Gasteiger partial charge in [0.2, 0.25) is 29.3 Å². The lowest BCUT2D eigenvalue weighted by Crippen LogP contribution is -2.49. The van der Waals surface area contributed by atoms with Crippen LogP contribution in [0.15, 0.2) is 58.5 Å². The van der Waals surface area contributed by atoms with Gasteiger partial charge in [-0.25, -0.2) is 0 Å². The number of hydrogen-bond acceptors (Lipinski definition) is 13. The minimum Gasteiger partial charge on any atom is -0.494 e. The van der Waals surface area contributed by atoms with Crippen molar-refractivity contribution in [2.45, 2.75) is 52.9 Å². The maximum absolute atomic E-state index is 14.0. The zero-order valence-electron chi connectivity index (χ0n) is 35.4. The van der Waals surface area contributed by atoms with E-state index in [2.05, 4.69) is 35.4 Å². The predicted octanol–water partition coefficient (Wildman–Crippen LogP) is 2.20. The van der Waals surface area contributed by atoms with Gasteiger partial charge in [-0.2, -0.15) is 15.1 Å². The summed E-state index contributed by atoms with van der Waals surface area (Å²) in [5.41, 5.74) is 15.2. The molecule has 0 saturated carbocycles. The maximum atomic E-state index is 14.0. The first-order valence-corrected chi connectivity index (χ1v) is 20.7. The molecule has 6 heterocycles. The second-order valence-electron chi connectivity index (χ2n) is 15.0. The Morgan fingerprint density at radius 1 is 0.921 bits per heavy atom. The molecule has 1 saturated heterocycles. The van der Waals surface area contributed by atoms with E-state index in [0.717, 1.165) is 0 Å². The SMILES string of the molecule is CCn1nc(C)cc1C(=O)/N=c1\[nH]c2cc(C(N)=O)cc3c2n1C/C=C/CN1/C(=N/C(=O)c2cc(nn2CC)OCC2COCCN2CCCO3)Nc2cc(C(N)=O)cc(OC)c21. The Bertz CT molecular complexity index is 2740. The van der Waals surface area contributed by atoms with Crippen molar-refractivity contribution >= 4 is 52.0 Å². The number of fused-ring (bicyclic) bond motifs is 6. The van der Waals surface area contributed by atoms with Crippen LogP contribution in [0.25, 0.3) is 11.0 Å². The number of allylic oxidation sites excluding steroid dienone is 1. The number of anilines is 2. The van der Waals surface area contributed by atoms with E-state index in [9.17, 15) is 19.2 Å². The van der Waals surface area contributed by atoms with Crippen LogP contribution >= 0.6 is 0 Å². The highest BCUT2D eigenvalue weighted by atomic mass is 16.5. The highest BCUT2D eigenvalue weighted by Crippen LogP contribution is 2.42. The smallest absolute Gasteiger partial charge is 0.298 e. The third-order valence-corrected chi connectivity index (χ3v) is 11.0. The minimum absolute atomic E-state index is 0.115. The van der Waals surface area contributed by atoms with Crippen LogP contribution in [0, 0.1) is 6.92 Å². The van der Waals surface area contributed by atoms with Crippen LogP contribution in [-0.2, 0) is 24.4 Å². The molecular formula is C42H49N13O8. The zero-order valence-corrected chi connectivity index (χ0v) is 35.4. The van der Waals surface area contributed by atoms with E-state index >= 15 is 0 Å². The average Bonchev–Trinajstić information content (AvgIpc) is 4.05. The number of nitrogens with two attached hydrogens (primary N) is 2. The van der Waals surface area contributed by atoms with Gasteiger partial charge in [-0.15, -0.1) is 5.10 Å². The van der Waals surface area contributed by atoms with Crippen molar-refractivity contribution in [1.82, 2.24) is 34.0 Å². The van der Waals surface area contributed by atoms with Crippen molar-refractivity contribution in [3.05, 3.63) is 82.4 Å². The lowest BCUT2D eigenvalue weighted by Gasteiger charge is -2.35. The predicted molar refractivity (Wildman–Crippen MR) is 230 cm³/mol. The van der Waals surface area contributed by atoms with Crippen molar-refractivity contribution in [3.63, 3.8) is 0 Å². The van der Waals surface area contributed by atoms with E-state index < -0.39 is 23.6 Å². The highest BCUT2D eigenvalue weighted by Gasteiger charge is 2.32. The molecule has 3 aliphatic rings. The van der Waals surface area contributed by atoms with Crippen LogP contribution in [0.2, 0.25) is 0 Å². The molecule has 0 spiro atoms. The van der Waals surface area contributed by atoms with E-state index in [1.807, 2.05) is 26.0 Å². The molecule has 21 nitrogen and oxygen atoms in total. The van der Waals surface area contributed by atoms with Crippen LogP contribution in [0.1, 0.15) is 67.7 Å². The third kappa shape index (κ3) is 8.64. The lowest BCUT2D eigenvalue weighted by molar-refractivity contribution is -0.0254. The van der Waals surface area contributed by atoms with Crippen molar-refractivity contribution in [2.24, 2.45) is 21.5 Å². The van der Waals surface area contributed by atoms with Gasteiger partial charge in [-0.3, -0.25) is 33.4 Å². The summed E-state index contributed by atoms with van der Waals surface area (Å²) in [6.07, 6.45) is 4.31. The topological polar surface area (TPSA) is 257 Å². The van der Waals surface area contributed by atoms with E-state index in [1.165, 1.54) is 17.9 Å². The number of nitrogens with one attached hydrogen (secondary N) is 2. The summed E-state index contributed by atoms with van der Waals surface area (Å²) in [7, 11) is 1.46. The molecule has 3 aliphatic heterocycles. The van der Waals surface area contributed by atoms with E-state index in [0.29, 0.717) is 91.1 Å². The first kappa shape index (κ1) is 42.4. The molecule has 2 aromatic carbocycles. The Kier molecular flexibility index (Phi) is 12.1. The summed E-state index contributed by atoms with van der Waals surface area (Å²) in [5.74, 6) is -1.34. The second-order valence-corrected chi connectivity index (χ2v) is 15.0. The zero-order chi connectivity index (χ0) is 44.4. The summed E-state index contributed by atoms with van der Waals surface area (Å²) in [5, 5.41) is 12.1. The molecule has 5 aromatic rings. The number of rotatable bonds is 6. The number of amides is 4. The standard InChI is InChI=1S/C42H49N13O8/c1-5-54-30(16-24(3)49-54)39(58)47-42-46-29-18-26(38(44)57)20-33-36(29)53(42)12-8-7-11-52-35-28(17-25(37(43)56)19-32(35)60-4)45-41(52)48-40(59)31-21-34(50-55(31)6-2)63-23-27-22-61-15-13-51(27)10-9-14-62-33/h7-8,16-21,27H,5-6,9-15,22-23H2,1-4H3,(H2,43,56)(H2,44,57)(H,45,48,59)(H,46,47,58)/b8-7+. The number of H-pyrrole nitrogens is 1. The fourth-order valence-corrected chi connectivity index (χ4v) is 7.90. The molecule has 0 radical (unpaired) electrons. The van der Waals surface area contributed by atoms with Crippen molar-refractivity contribution in [3.8, 4) is 17.4 Å². The number of ether oxygens (including phenoxy) is 4. The maximum Gasteiger partial charge on any atom is 0.298 e. The first-order chi connectivity index (χ1) is 30.5. The van der Waals surface area contributed by atoms with Crippen LogP contribution in [-0.4, -0.2) is 123 Å². The van der Waals surface area contributed by atoms with Crippen LogP contribution in [0.3, 0.4) is 0 Å². The number of aryl methyl sites for hydroxylation is 3. The van der Waals surface area contributed by atoms with Gasteiger partial charge in [0.05, 0.1) is 49.9 Å². The number of hydrogen-bond donors (Lipinski definition) is 4. The lowest BCUT2D eigenvalue weighted by atomic mass is 10.1. The first-order valence-electron chi connectivity index (χ1n) is 20.7. The fraction of sp³-hybridized carbons (Fsp3) is 0.381. The largest absolute Gasteiger partial charge is 0.494 e. The molecule has 1 atom stereocenters. The Hall–Kier alpha value is -7.26. The van der Waals surface area contributed by atoms with Crippen molar-refractivity contribution < 1.29 is 38.1 Å². The van der Waals surface area contributed by atoms with E-state index in [-0.39, 0.29) is 66.6 Å². The summed E-state index contributed by atoms with van der Waals surface area (Å²) >= 11 is 0. The number of carbonyl (C=O) groups is 4. The molecule has 0 aliphatic carbocycles. The van der Waals surface area contributed by atoms with Crippen molar-refractivity contribution in [1.29, 1.82) is 0 Å². The van der Waals surface area contributed by atoms with Crippen LogP contribution in [0.4, 0.5) is 11.4 Å². The molecule has 2 bridgehead atoms. The Morgan fingerprint density at radius 3 is 2.46 bits per heavy atom. The number of aromatic nitrogens is 6. The number of nitrogens with zero attached hydrogens (tertiary/aromatic N) is 9. The molecule has 1 unspecified atom stereocenters. The van der Waals surface area contributed by atoms with Crippen molar-refractivity contribution in [2.75, 3.05) is 63.4 Å². The summed E-state index contributed by atoms with van der Waals surface area (Å²) in [6.45, 7) is 9.51. The van der Waals surface area contributed by atoms with Gasteiger partial charge in [0.1, 0.15) is 40.7 Å². The quantitative estimate of drug-likeness (QED) is 0.179. The number of benzene rings is 2. The van der Waals surface area contributed by atoms with E-state index in [4.69, 9.17) is 30.4 Å². The number of aromatic amines is 1. The van der Waals surface area contributed by atoms with Crippen LogP contribution < -0.4 is 41.5 Å². The molecular weight excluding hydrogens is 815 g/mol. The van der Waals surface area contributed by atoms with Gasteiger partial charge in [0, 0.05) is 56.5 Å². The number of imidazole rings is 1. The molecule has 63 heavy (non-hydrogen) atoms. The number of guanidine groups is 1.